The van der Waals surface area contributed by atoms with Gasteiger partial charge in [0.2, 0.25) is 0 Å². The summed E-state index contributed by atoms with van der Waals surface area (Å²) in [6.45, 7) is 23.5. The van der Waals surface area contributed by atoms with Gasteiger partial charge in [-0.05, 0) is 64.9 Å². The van der Waals surface area contributed by atoms with Crippen LogP contribution in [0.15, 0.2) is 35.5 Å². The molecule has 0 N–H and O–H groups in total. The van der Waals surface area contributed by atoms with Crippen molar-refractivity contribution in [1.82, 2.24) is 0 Å². The van der Waals surface area contributed by atoms with E-state index in [1.165, 1.54) is 25.7 Å². The van der Waals surface area contributed by atoms with Crippen molar-refractivity contribution in [2.45, 2.75) is 94.9 Å². The van der Waals surface area contributed by atoms with E-state index in [0.717, 1.165) is 11.8 Å². The lowest BCUT2D eigenvalue weighted by Gasteiger charge is -2.37. The molecule has 3 aliphatic rings. The van der Waals surface area contributed by atoms with Crippen molar-refractivity contribution in [2.75, 3.05) is 0 Å². The highest BCUT2D eigenvalue weighted by Gasteiger charge is 2.45. The third kappa shape index (κ3) is 4.05. The van der Waals surface area contributed by atoms with Crippen molar-refractivity contribution in [1.29, 1.82) is 0 Å². The number of fused-ring (bicyclic) bond motifs is 4. The van der Waals surface area contributed by atoms with Gasteiger partial charge < -0.3 is 0 Å². The van der Waals surface area contributed by atoms with Gasteiger partial charge in [-0.15, -0.1) is 0 Å². The highest BCUT2D eigenvalue weighted by molar-refractivity contribution is 5.42. The molecule has 0 aliphatic heterocycles. The van der Waals surface area contributed by atoms with Gasteiger partial charge in [0, 0.05) is 5.41 Å². The highest BCUT2D eigenvalue weighted by atomic mass is 14.5. The average Bonchev–Trinajstić information content (AvgIpc) is 2.75. The predicted molar refractivity (Wildman–Crippen MR) is 117 cm³/mol. The normalized spacial score (nSPS) is 35.0. The van der Waals surface area contributed by atoms with Crippen LogP contribution in [0.4, 0.5) is 0 Å². The maximum Gasteiger partial charge on any atom is 0.00875 e. The zero-order valence-corrected chi connectivity index (χ0v) is 19.3. The zero-order chi connectivity index (χ0) is 20.0. The molecule has 148 valence electrons. The summed E-state index contributed by atoms with van der Waals surface area (Å²) >= 11 is 0. The van der Waals surface area contributed by atoms with Crippen LogP contribution in [-0.2, 0) is 0 Å². The second-order valence-corrected chi connectivity index (χ2v) is 11.5. The number of hydrogen-bond donors (Lipinski definition) is 0. The lowest BCUT2D eigenvalue weighted by Crippen LogP contribution is -2.28. The SMILES string of the molecule is CC.CC1(C)CC2CC(C)(C)C(CC3=C2C=CC(C)(C(C)(C)C)C=C3)C1. The summed E-state index contributed by atoms with van der Waals surface area (Å²) in [5.41, 5.74) is 4.60. The highest BCUT2D eigenvalue weighted by Crippen LogP contribution is 2.56. The van der Waals surface area contributed by atoms with Gasteiger partial charge in [0.1, 0.15) is 0 Å². The molecule has 3 unspecified atom stereocenters. The summed E-state index contributed by atoms with van der Waals surface area (Å²) < 4.78 is 0. The first kappa shape index (κ1) is 21.5. The van der Waals surface area contributed by atoms with Crippen molar-refractivity contribution < 1.29 is 0 Å². The average molecular weight is 357 g/mol. The molecule has 0 spiro atoms. The van der Waals surface area contributed by atoms with Gasteiger partial charge in [-0.1, -0.05) is 93.5 Å². The van der Waals surface area contributed by atoms with Crippen molar-refractivity contribution in [3.63, 3.8) is 0 Å². The maximum atomic E-state index is 2.52. The summed E-state index contributed by atoms with van der Waals surface area (Å²) in [7, 11) is 0. The summed E-state index contributed by atoms with van der Waals surface area (Å²) in [5.74, 6) is 1.53. The molecule has 0 heterocycles. The Morgan fingerprint density at radius 1 is 0.846 bits per heavy atom. The summed E-state index contributed by atoms with van der Waals surface area (Å²) in [6.07, 6.45) is 15.3. The molecule has 0 radical (unpaired) electrons. The Morgan fingerprint density at radius 3 is 2.00 bits per heavy atom. The van der Waals surface area contributed by atoms with E-state index in [2.05, 4.69) is 79.7 Å². The van der Waals surface area contributed by atoms with Crippen LogP contribution in [0.2, 0.25) is 0 Å². The second-order valence-electron chi connectivity index (χ2n) is 11.5. The van der Waals surface area contributed by atoms with Crippen LogP contribution < -0.4 is 0 Å². The van der Waals surface area contributed by atoms with E-state index in [9.17, 15) is 0 Å². The number of hydrogen-bond acceptors (Lipinski definition) is 0. The molecule has 0 heteroatoms. The Bertz CT molecular complexity index is 602. The summed E-state index contributed by atoms with van der Waals surface area (Å²) in [4.78, 5) is 0. The largest absolute Gasteiger partial charge is 0.0740 e. The molecule has 26 heavy (non-hydrogen) atoms. The topological polar surface area (TPSA) is 0 Å². The third-order valence-corrected chi connectivity index (χ3v) is 7.61. The molecular weight excluding hydrogens is 312 g/mol. The minimum Gasteiger partial charge on any atom is -0.0740 e. The van der Waals surface area contributed by atoms with Crippen molar-refractivity contribution in [2.24, 2.45) is 33.5 Å². The van der Waals surface area contributed by atoms with Crippen LogP contribution in [0.3, 0.4) is 0 Å². The van der Waals surface area contributed by atoms with Gasteiger partial charge in [0.15, 0.2) is 0 Å². The van der Waals surface area contributed by atoms with Crippen molar-refractivity contribution in [3.05, 3.63) is 35.5 Å². The molecule has 3 atom stereocenters. The Kier molecular flexibility index (Phi) is 5.79. The van der Waals surface area contributed by atoms with E-state index >= 15 is 0 Å². The number of rotatable bonds is 0. The Morgan fingerprint density at radius 2 is 1.42 bits per heavy atom. The van der Waals surface area contributed by atoms with E-state index in [0.29, 0.717) is 10.8 Å². The molecule has 0 amide bonds. The smallest absolute Gasteiger partial charge is 0.00875 e. The van der Waals surface area contributed by atoms with Crippen molar-refractivity contribution in [3.8, 4) is 0 Å². The molecule has 0 saturated heterocycles. The van der Waals surface area contributed by atoms with E-state index in [-0.39, 0.29) is 10.8 Å². The summed E-state index contributed by atoms with van der Waals surface area (Å²) in [5, 5.41) is 0. The molecular formula is C26H44. The van der Waals surface area contributed by atoms with Crippen LogP contribution in [0.25, 0.3) is 0 Å². The van der Waals surface area contributed by atoms with E-state index in [1.54, 1.807) is 11.1 Å². The minimum atomic E-state index is 0.137. The maximum absolute atomic E-state index is 2.52. The van der Waals surface area contributed by atoms with Crippen LogP contribution >= 0.6 is 0 Å². The standard InChI is InChI=1S/C24H38.C2H6/c1-21(2,3)24(8)11-9-17-13-19-16-22(4,5)14-18(15-23(19,6)7)20(17)10-12-24;1-2/h9-12,18-19H,13-16H2,1-8H3;1-2H3. The van der Waals surface area contributed by atoms with Crippen LogP contribution in [-0.4, -0.2) is 0 Å². The monoisotopic (exact) mass is 356 g/mol. The van der Waals surface area contributed by atoms with E-state index < -0.39 is 0 Å². The molecule has 1 saturated carbocycles. The molecule has 1 fully saturated rings. The lowest BCUT2D eigenvalue weighted by molar-refractivity contribution is 0.163. The molecule has 0 aromatic rings. The first-order valence-electron chi connectivity index (χ1n) is 10.9. The molecule has 3 aliphatic carbocycles. The molecule has 3 rings (SSSR count). The molecule has 0 nitrogen and oxygen atoms in total. The van der Waals surface area contributed by atoms with Gasteiger partial charge in [0.05, 0.1) is 0 Å². The van der Waals surface area contributed by atoms with E-state index in [4.69, 9.17) is 0 Å². The lowest BCUT2D eigenvalue weighted by atomic mass is 9.67. The second kappa shape index (κ2) is 6.99. The van der Waals surface area contributed by atoms with Gasteiger partial charge in [-0.2, -0.15) is 0 Å². The predicted octanol–water partition coefficient (Wildman–Crippen LogP) is 8.36. The fourth-order valence-corrected chi connectivity index (χ4v) is 5.28. The third-order valence-electron chi connectivity index (χ3n) is 7.61. The molecule has 0 aromatic heterocycles. The fraction of sp³-hybridized carbons (Fsp3) is 0.769. The first-order chi connectivity index (χ1) is 11.8. The van der Waals surface area contributed by atoms with Gasteiger partial charge >= 0.3 is 0 Å². The molecule has 2 bridgehead atoms. The zero-order valence-electron chi connectivity index (χ0n) is 19.3. The van der Waals surface area contributed by atoms with Crippen LogP contribution in [0.5, 0.6) is 0 Å². The van der Waals surface area contributed by atoms with Crippen LogP contribution in [0.1, 0.15) is 94.9 Å². The van der Waals surface area contributed by atoms with Gasteiger partial charge in [-0.3, -0.25) is 0 Å². The number of allylic oxidation sites excluding steroid dienone is 6. The van der Waals surface area contributed by atoms with E-state index in [1.807, 2.05) is 13.8 Å². The molecule has 0 aromatic carbocycles. The Balaban J connectivity index is 0.00000117. The Hall–Kier alpha value is -0.780. The quantitative estimate of drug-likeness (QED) is 0.409. The first-order valence-corrected chi connectivity index (χ1v) is 10.9. The minimum absolute atomic E-state index is 0.137. The van der Waals surface area contributed by atoms with Gasteiger partial charge in [0.25, 0.3) is 0 Å². The van der Waals surface area contributed by atoms with Crippen LogP contribution in [0, 0.1) is 33.5 Å². The van der Waals surface area contributed by atoms with Gasteiger partial charge in [-0.25, -0.2) is 0 Å². The van der Waals surface area contributed by atoms with Crippen molar-refractivity contribution >= 4 is 0 Å². The Labute approximate surface area is 164 Å². The summed E-state index contributed by atoms with van der Waals surface area (Å²) in [6, 6.07) is 0. The fourth-order valence-electron chi connectivity index (χ4n) is 5.28.